The van der Waals surface area contributed by atoms with Gasteiger partial charge in [0.05, 0.1) is 12.1 Å². The van der Waals surface area contributed by atoms with Crippen molar-refractivity contribution in [3.05, 3.63) is 75.1 Å². The summed E-state index contributed by atoms with van der Waals surface area (Å²) in [4.78, 5) is 45.4. The van der Waals surface area contributed by atoms with E-state index in [0.29, 0.717) is 10.8 Å². The molecular weight excluding hydrogens is 376 g/mol. The number of thiazole rings is 1. The molecule has 2 amide bonds. The van der Waals surface area contributed by atoms with Crippen LogP contribution in [0, 0.1) is 0 Å². The lowest BCUT2D eigenvalue weighted by Crippen LogP contribution is -2.36. The number of para-hydroxylation sites is 1. The van der Waals surface area contributed by atoms with Crippen molar-refractivity contribution in [1.82, 2.24) is 9.97 Å². The normalized spacial score (nSPS) is 15.3. The first-order valence-corrected chi connectivity index (χ1v) is 9.74. The molecule has 7 nitrogen and oxygen atoms in total. The fraction of sp³-hybridized carbons (Fsp3) is 0.200. The third kappa shape index (κ3) is 3.46. The minimum Gasteiger partial charge on any atom is -0.328 e. The predicted octanol–water partition coefficient (Wildman–Crippen LogP) is 2.60. The fourth-order valence-corrected chi connectivity index (χ4v) is 4.10. The highest BCUT2D eigenvalue weighted by Gasteiger charge is 2.30. The van der Waals surface area contributed by atoms with Gasteiger partial charge in [-0.05, 0) is 37.1 Å². The highest BCUT2D eigenvalue weighted by Crippen LogP contribution is 2.32. The molecule has 0 radical (unpaired) electrons. The Labute approximate surface area is 165 Å². The molecule has 1 aliphatic heterocycles. The maximum absolute atomic E-state index is 12.8. The molecule has 0 spiro atoms. The molecule has 0 fully saturated rings. The summed E-state index contributed by atoms with van der Waals surface area (Å²) in [5.41, 5.74) is 2.25. The van der Waals surface area contributed by atoms with Crippen LogP contribution in [-0.4, -0.2) is 27.8 Å². The van der Waals surface area contributed by atoms with Gasteiger partial charge in [0.1, 0.15) is 5.56 Å². The van der Waals surface area contributed by atoms with E-state index in [-0.39, 0.29) is 23.9 Å². The molecule has 3 aromatic rings. The topological polar surface area (TPSA) is 95.2 Å². The molecule has 0 unspecified atom stereocenters. The molecule has 1 aromatic carbocycles. The minimum absolute atomic E-state index is 0.0119. The zero-order valence-electron chi connectivity index (χ0n) is 15.1. The standard InChI is InChI=1S/C20H18N4O3S/c1-12-9-13-5-2-3-7-16(13)24(12)17(25)10-14-11-28-20(22-14)23-19(27)15-6-4-8-21-18(15)26/h2-8,11-12H,9-10H2,1H3,(H,21,26)(H,22,23,27)/t12-/m0/s1. The molecule has 0 bridgehead atoms. The fourth-order valence-electron chi connectivity index (χ4n) is 3.40. The summed E-state index contributed by atoms with van der Waals surface area (Å²) in [7, 11) is 0. The van der Waals surface area contributed by atoms with Crippen LogP contribution in [0.25, 0.3) is 0 Å². The van der Waals surface area contributed by atoms with E-state index in [1.165, 1.54) is 29.2 Å². The summed E-state index contributed by atoms with van der Waals surface area (Å²) in [6.07, 6.45) is 2.45. The molecule has 1 atom stereocenters. The van der Waals surface area contributed by atoms with E-state index < -0.39 is 11.5 Å². The third-order valence-electron chi connectivity index (χ3n) is 4.64. The number of aromatic amines is 1. The number of pyridine rings is 1. The zero-order valence-corrected chi connectivity index (χ0v) is 16.0. The van der Waals surface area contributed by atoms with Gasteiger partial charge in [-0.25, -0.2) is 4.98 Å². The first-order chi connectivity index (χ1) is 13.5. The van der Waals surface area contributed by atoms with E-state index in [1.807, 2.05) is 36.1 Å². The van der Waals surface area contributed by atoms with Crippen LogP contribution in [-0.2, 0) is 17.6 Å². The van der Waals surface area contributed by atoms with E-state index in [2.05, 4.69) is 15.3 Å². The molecule has 0 saturated carbocycles. The summed E-state index contributed by atoms with van der Waals surface area (Å²) in [5.74, 6) is -0.559. The van der Waals surface area contributed by atoms with E-state index >= 15 is 0 Å². The number of anilines is 2. The van der Waals surface area contributed by atoms with Gasteiger partial charge in [0.25, 0.3) is 11.5 Å². The van der Waals surface area contributed by atoms with Crippen LogP contribution in [0.3, 0.4) is 0 Å². The van der Waals surface area contributed by atoms with Crippen LogP contribution in [0.2, 0.25) is 0 Å². The molecule has 0 aliphatic carbocycles. The van der Waals surface area contributed by atoms with Gasteiger partial charge in [0, 0.05) is 23.3 Å². The lowest BCUT2D eigenvalue weighted by atomic mass is 10.1. The molecule has 4 rings (SSSR count). The quantitative estimate of drug-likeness (QED) is 0.711. The smallest absolute Gasteiger partial charge is 0.263 e. The van der Waals surface area contributed by atoms with Crippen molar-refractivity contribution in [3.63, 3.8) is 0 Å². The summed E-state index contributed by atoms with van der Waals surface area (Å²) < 4.78 is 0. The van der Waals surface area contributed by atoms with Gasteiger partial charge in [-0.1, -0.05) is 18.2 Å². The summed E-state index contributed by atoms with van der Waals surface area (Å²) in [5, 5.41) is 4.71. The van der Waals surface area contributed by atoms with Crippen LogP contribution in [0.5, 0.6) is 0 Å². The first-order valence-electron chi connectivity index (χ1n) is 8.86. The van der Waals surface area contributed by atoms with E-state index in [4.69, 9.17) is 0 Å². The number of fused-ring (bicyclic) bond motifs is 1. The van der Waals surface area contributed by atoms with Crippen molar-refractivity contribution < 1.29 is 9.59 Å². The Morgan fingerprint density at radius 3 is 2.93 bits per heavy atom. The number of nitrogens with one attached hydrogen (secondary N) is 2. The molecule has 2 N–H and O–H groups in total. The molecule has 8 heteroatoms. The number of rotatable bonds is 4. The molecule has 1 aliphatic rings. The van der Waals surface area contributed by atoms with Crippen LogP contribution in [0.4, 0.5) is 10.8 Å². The van der Waals surface area contributed by atoms with Gasteiger partial charge < -0.3 is 9.88 Å². The number of hydrogen-bond donors (Lipinski definition) is 2. The Bertz CT molecular complexity index is 1100. The Hall–Kier alpha value is -3.26. The Morgan fingerprint density at radius 1 is 1.29 bits per heavy atom. The highest BCUT2D eigenvalue weighted by molar-refractivity contribution is 7.14. The number of amides is 2. The number of benzene rings is 1. The number of carbonyl (C=O) groups is 2. The van der Waals surface area contributed by atoms with Gasteiger partial charge in [-0.15, -0.1) is 11.3 Å². The van der Waals surface area contributed by atoms with Gasteiger partial charge in [-0.2, -0.15) is 0 Å². The second kappa shape index (κ2) is 7.40. The number of aromatic nitrogens is 2. The largest absolute Gasteiger partial charge is 0.328 e. The Kier molecular flexibility index (Phi) is 4.79. The van der Waals surface area contributed by atoms with E-state index in [0.717, 1.165) is 12.1 Å². The second-order valence-corrected chi connectivity index (χ2v) is 7.49. The van der Waals surface area contributed by atoms with Crippen LogP contribution < -0.4 is 15.8 Å². The number of nitrogens with zero attached hydrogens (tertiary/aromatic N) is 2. The Balaban J connectivity index is 1.45. The average molecular weight is 394 g/mol. The average Bonchev–Trinajstić information content (AvgIpc) is 3.24. The lowest BCUT2D eigenvalue weighted by molar-refractivity contribution is -0.118. The maximum Gasteiger partial charge on any atom is 0.263 e. The zero-order chi connectivity index (χ0) is 19.7. The molecule has 3 heterocycles. The maximum atomic E-state index is 12.8. The summed E-state index contributed by atoms with van der Waals surface area (Å²) in [6, 6.07) is 11.0. The van der Waals surface area contributed by atoms with Crippen LogP contribution >= 0.6 is 11.3 Å². The SMILES string of the molecule is C[C@H]1Cc2ccccc2N1C(=O)Cc1csc(NC(=O)c2ccc[nH]c2=O)n1. The summed E-state index contributed by atoms with van der Waals surface area (Å²) in [6.45, 7) is 2.03. The van der Waals surface area contributed by atoms with E-state index in [1.54, 1.807) is 11.4 Å². The molecular formula is C20H18N4O3S. The van der Waals surface area contributed by atoms with Gasteiger partial charge in [0.2, 0.25) is 5.91 Å². The summed E-state index contributed by atoms with van der Waals surface area (Å²) >= 11 is 1.22. The van der Waals surface area contributed by atoms with Gasteiger partial charge >= 0.3 is 0 Å². The van der Waals surface area contributed by atoms with Crippen LogP contribution in [0.15, 0.2) is 52.8 Å². The molecule has 2 aromatic heterocycles. The van der Waals surface area contributed by atoms with Crippen molar-refractivity contribution in [3.8, 4) is 0 Å². The van der Waals surface area contributed by atoms with Crippen molar-refractivity contribution in [2.24, 2.45) is 0 Å². The van der Waals surface area contributed by atoms with Crippen molar-refractivity contribution in [2.75, 3.05) is 10.2 Å². The third-order valence-corrected chi connectivity index (χ3v) is 5.45. The predicted molar refractivity (Wildman–Crippen MR) is 108 cm³/mol. The number of H-pyrrole nitrogens is 1. The first kappa shape index (κ1) is 18.1. The molecule has 142 valence electrons. The molecule has 0 saturated heterocycles. The van der Waals surface area contributed by atoms with Gasteiger partial charge in [-0.3, -0.25) is 19.7 Å². The monoisotopic (exact) mass is 394 g/mol. The number of hydrogen-bond acceptors (Lipinski definition) is 5. The lowest BCUT2D eigenvalue weighted by Gasteiger charge is -2.22. The second-order valence-electron chi connectivity index (χ2n) is 6.63. The molecule has 28 heavy (non-hydrogen) atoms. The Morgan fingerprint density at radius 2 is 2.11 bits per heavy atom. The van der Waals surface area contributed by atoms with Crippen molar-refractivity contribution in [1.29, 1.82) is 0 Å². The number of carbonyl (C=O) groups excluding carboxylic acids is 2. The van der Waals surface area contributed by atoms with Crippen LogP contribution in [0.1, 0.15) is 28.5 Å². The van der Waals surface area contributed by atoms with Crippen molar-refractivity contribution in [2.45, 2.75) is 25.8 Å². The highest BCUT2D eigenvalue weighted by atomic mass is 32.1. The van der Waals surface area contributed by atoms with Gasteiger partial charge in [0.15, 0.2) is 5.13 Å². The van der Waals surface area contributed by atoms with Crippen molar-refractivity contribution >= 4 is 34.0 Å². The minimum atomic E-state index is -0.531. The van der Waals surface area contributed by atoms with E-state index in [9.17, 15) is 14.4 Å².